The zero-order valence-corrected chi connectivity index (χ0v) is 18.5. The summed E-state index contributed by atoms with van der Waals surface area (Å²) in [5, 5.41) is 1.17. The van der Waals surface area contributed by atoms with Gasteiger partial charge in [0.1, 0.15) is 0 Å². The zero-order chi connectivity index (χ0) is 21.6. The number of rotatable bonds is 7. The summed E-state index contributed by atoms with van der Waals surface area (Å²) in [7, 11) is 0. The van der Waals surface area contributed by atoms with E-state index in [1.807, 2.05) is 19.2 Å². The molecule has 5 heteroatoms. The normalized spacial score (nSPS) is 17.7. The monoisotopic (exact) mass is 417 g/mol. The third-order valence-electron chi connectivity index (χ3n) is 6.01. The number of nitrogens with zero attached hydrogens (tertiary/aromatic N) is 3. The first-order chi connectivity index (χ1) is 15.1. The van der Waals surface area contributed by atoms with E-state index >= 15 is 0 Å². The van der Waals surface area contributed by atoms with E-state index in [9.17, 15) is 4.79 Å². The van der Waals surface area contributed by atoms with Crippen molar-refractivity contribution in [1.82, 2.24) is 14.8 Å². The summed E-state index contributed by atoms with van der Waals surface area (Å²) < 4.78 is 5.28. The van der Waals surface area contributed by atoms with Gasteiger partial charge in [-0.1, -0.05) is 54.1 Å². The molecule has 0 amide bonds. The summed E-state index contributed by atoms with van der Waals surface area (Å²) in [6.07, 6.45) is 2.28. The smallest absolute Gasteiger partial charge is 0.307 e. The van der Waals surface area contributed by atoms with Crippen molar-refractivity contribution in [3.05, 3.63) is 77.5 Å². The number of carbonyl (C=O) groups is 1. The Balaban J connectivity index is 1.49. The fourth-order valence-corrected chi connectivity index (χ4v) is 4.38. The van der Waals surface area contributed by atoms with Crippen LogP contribution in [-0.4, -0.2) is 53.0 Å². The van der Waals surface area contributed by atoms with Crippen LogP contribution in [0.15, 0.2) is 60.8 Å². The first-order valence-corrected chi connectivity index (χ1v) is 11.1. The maximum absolute atomic E-state index is 12.3. The lowest BCUT2D eigenvalue weighted by molar-refractivity contribution is -0.145. The summed E-state index contributed by atoms with van der Waals surface area (Å²) in [5.74, 6) is -0.116. The molecular formula is C26H31N3O2. The molecule has 1 atom stereocenters. The highest BCUT2D eigenvalue weighted by molar-refractivity contribution is 5.81. The van der Waals surface area contributed by atoms with Gasteiger partial charge in [0, 0.05) is 50.3 Å². The largest absolute Gasteiger partial charge is 0.466 e. The fourth-order valence-electron chi connectivity index (χ4n) is 4.38. The van der Waals surface area contributed by atoms with Gasteiger partial charge in [-0.3, -0.25) is 19.6 Å². The van der Waals surface area contributed by atoms with Crippen LogP contribution >= 0.6 is 0 Å². The van der Waals surface area contributed by atoms with E-state index in [-0.39, 0.29) is 12.0 Å². The number of esters is 1. The van der Waals surface area contributed by atoms with Crippen molar-refractivity contribution in [3.63, 3.8) is 0 Å². The topological polar surface area (TPSA) is 45.7 Å². The molecule has 1 aliphatic heterocycles. The third-order valence-corrected chi connectivity index (χ3v) is 6.01. The Hall–Kier alpha value is -2.76. The fraction of sp³-hybridized carbons (Fsp3) is 0.385. The number of aromatic nitrogens is 1. The zero-order valence-electron chi connectivity index (χ0n) is 18.5. The highest BCUT2D eigenvalue weighted by Gasteiger charge is 2.29. The summed E-state index contributed by atoms with van der Waals surface area (Å²) in [4.78, 5) is 21.8. The van der Waals surface area contributed by atoms with Gasteiger partial charge in [-0.15, -0.1) is 0 Å². The number of hydrogen-bond donors (Lipinski definition) is 0. The maximum atomic E-state index is 12.3. The highest BCUT2D eigenvalue weighted by atomic mass is 16.5. The summed E-state index contributed by atoms with van der Waals surface area (Å²) in [6.45, 7) is 8.82. The van der Waals surface area contributed by atoms with Crippen LogP contribution in [0, 0.1) is 6.92 Å². The minimum absolute atomic E-state index is 0.116. The molecule has 0 bridgehead atoms. The number of piperazine rings is 1. The van der Waals surface area contributed by atoms with Crippen molar-refractivity contribution in [2.75, 3.05) is 26.2 Å². The second kappa shape index (κ2) is 10.0. The molecule has 0 aliphatic carbocycles. The van der Waals surface area contributed by atoms with Crippen LogP contribution in [0.3, 0.4) is 0 Å². The van der Waals surface area contributed by atoms with E-state index in [0.717, 1.165) is 38.2 Å². The summed E-state index contributed by atoms with van der Waals surface area (Å²) in [5.41, 5.74) is 4.85. The second-order valence-electron chi connectivity index (χ2n) is 8.35. The second-order valence-corrected chi connectivity index (χ2v) is 8.35. The minimum atomic E-state index is -0.116. The highest BCUT2D eigenvalue weighted by Crippen LogP contribution is 2.22. The van der Waals surface area contributed by atoms with Crippen LogP contribution in [-0.2, 0) is 22.6 Å². The van der Waals surface area contributed by atoms with Crippen molar-refractivity contribution in [2.24, 2.45) is 0 Å². The van der Waals surface area contributed by atoms with Gasteiger partial charge >= 0.3 is 5.97 Å². The predicted molar refractivity (Wildman–Crippen MR) is 124 cm³/mol. The number of para-hydroxylation sites is 1. The van der Waals surface area contributed by atoms with Gasteiger partial charge in [0.2, 0.25) is 0 Å². The number of benzene rings is 2. The number of hydrogen-bond acceptors (Lipinski definition) is 5. The molecule has 4 rings (SSSR count). The van der Waals surface area contributed by atoms with E-state index in [0.29, 0.717) is 13.0 Å². The molecule has 1 aliphatic rings. The molecule has 0 radical (unpaired) electrons. The number of carbonyl (C=O) groups excluding carboxylic acids is 1. The quantitative estimate of drug-likeness (QED) is 0.540. The van der Waals surface area contributed by atoms with Crippen LogP contribution in [0.25, 0.3) is 10.9 Å². The first kappa shape index (κ1) is 21.5. The maximum Gasteiger partial charge on any atom is 0.307 e. The molecular weight excluding hydrogens is 386 g/mol. The Morgan fingerprint density at radius 2 is 1.87 bits per heavy atom. The third kappa shape index (κ3) is 5.49. The van der Waals surface area contributed by atoms with Crippen LogP contribution < -0.4 is 0 Å². The van der Waals surface area contributed by atoms with Crippen LogP contribution in [0.2, 0.25) is 0 Å². The molecule has 0 spiro atoms. The van der Waals surface area contributed by atoms with Gasteiger partial charge < -0.3 is 4.74 Å². The lowest BCUT2D eigenvalue weighted by atomic mass is 10.0. The Morgan fingerprint density at radius 3 is 2.68 bits per heavy atom. The summed E-state index contributed by atoms with van der Waals surface area (Å²) in [6, 6.07) is 19.3. The van der Waals surface area contributed by atoms with Gasteiger partial charge in [-0.25, -0.2) is 0 Å². The molecule has 162 valence electrons. The average Bonchev–Trinajstić information content (AvgIpc) is 2.77. The standard InChI is InChI=1S/C26H31N3O2/c1-3-31-25(30)16-24-19-28(14-15-29(24)17-21-11-9-20(2)10-12-21)18-23-7-4-6-22-8-5-13-27-26(22)23/h4-13,24H,3,14-19H2,1-2H3. The first-order valence-electron chi connectivity index (χ1n) is 11.1. The van der Waals surface area contributed by atoms with E-state index in [4.69, 9.17) is 4.74 Å². The molecule has 31 heavy (non-hydrogen) atoms. The lowest BCUT2D eigenvalue weighted by Crippen LogP contribution is -2.53. The molecule has 1 saturated heterocycles. The average molecular weight is 418 g/mol. The Labute approximate surface area is 184 Å². The molecule has 1 fully saturated rings. The summed E-state index contributed by atoms with van der Waals surface area (Å²) >= 11 is 0. The van der Waals surface area contributed by atoms with E-state index in [2.05, 4.69) is 70.2 Å². The van der Waals surface area contributed by atoms with Crippen LogP contribution in [0.5, 0.6) is 0 Å². The molecule has 2 aromatic carbocycles. The van der Waals surface area contributed by atoms with Gasteiger partial charge in [0.05, 0.1) is 18.5 Å². The molecule has 5 nitrogen and oxygen atoms in total. The van der Waals surface area contributed by atoms with Crippen molar-refractivity contribution in [1.29, 1.82) is 0 Å². The van der Waals surface area contributed by atoms with Crippen LogP contribution in [0.4, 0.5) is 0 Å². The van der Waals surface area contributed by atoms with Gasteiger partial charge in [0.25, 0.3) is 0 Å². The van der Waals surface area contributed by atoms with Crippen molar-refractivity contribution >= 4 is 16.9 Å². The van der Waals surface area contributed by atoms with Crippen molar-refractivity contribution in [3.8, 4) is 0 Å². The Bertz CT molecular complexity index is 1010. The molecule has 2 heterocycles. The Kier molecular flexibility index (Phi) is 6.95. The molecule has 3 aromatic rings. The van der Waals surface area contributed by atoms with E-state index < -0.39 is 0 Å². The van der Waals surface area contributed by atoms with Crippen molar-refractivity contribution < 1.29 is 9.53 Å². The van der Waals surface area contributed by atoms with E-state index in [1.165, 1.54) is 22.1 Å². The molecule has 0 saturated carbocycles. The number of fused-ring (bicyclic) bond motifs is 1. The van der Waals surface area contributed by atoms with Crippen molar-refractivity contribution in [2.45, 2.75) is 39.4 Å². The number of pyridine rings is 1. The van der Waals surface area contributed by atoms with Crippen LogP contribution in [0.1, 0.15) is 30.0 Å². The SMILES string of the molecule is CCOC(=O)CC1CN(Cc2cccc3cccnc23)CCN1Cc1ccc(C)cc1. The number of ether oxygens (including phenoxy) is 1. The number of aryl methyl sites for hydroxylation is 1. The van der Waals surface area contributed by atoms with Gasteiger partial charge in [-0.2, -0.15) is 0 Å². The molecule has 1 aromatic heterocycles. The predicted octanol–water partition coefficient (Wildman–Crippen LogP) is 4.18. The van der Waals surface area contributed by atoms with E-state index in [1.54, 1.807) is 0 Å². The van der Waals surface area contributed by atoms with Gasteiger partial charge in [0.15, 0.2) is 0 Å². The molecule has 1 unspecified atom stereocenters. The minimum Gasteiger partial charge on any atom is -0.466 e. The molecule has 0 N–H and O–H groups in total. The Morgan fingerprint density at radius 1 is 1.06 bits per heavy atom. The van der Waals surface area contributed by atoms with Gasteiger partial charge in [-0.05, 0) is 31.0 Å². The lowest BCUT2D eigenvalue weighted by Gasteiger charge is -2.41.